The molecule has 0 heterocycles. The zero-order valence-electron chi connectivity index (χ0n) is 13.0. The number of hydrogen-bond acceptors (Lipinski definition) is 3. The average molecular weight is 300 g/mol. The lowest BCUT2D eigenvalue weighted by molar-refractivity contribution is -0.155. The van der Waals surface area contributed by atoms with Gasteiger partial charge in [-0.25, -0.2) is 0 Å². The standard InChI is InChI=1S/C16H28O5/c1-2-3-4-5-6-7-8-10-13(17)11-9-12-14(15(18)19)16(20)21/h14H,2-12H2,1H3,(H,18,19)(H,20,21). The SMILES string of the molecule is CCCCCCCCCC(=O)CCCC(C(=O)O)C(=O)O. The highest BCUT2D eigenvalue weighted by Gasteiger charge is 2.25. The zero-order chi connectivity index (χ0) is 16.1. The summed E-state index contributed by atoms with van der Waals surface area (Å²) < 4.78 is 0. The molecule has 5 nitrogen and oxygen atoms in total. The Kier molecular flexibility index (Phi) is 11.5. The van der Waals surface area contributed by atoms with Gasteiger partial charge >= 0.3 is 11.9 Å². The molecule has 0 radical (unpaired) electrons. The van der Waals surface area contributed by atoms with Crippen molar-refractivity contribution in [2.45, 2.75) is 77.6 Å². The van der Waals surface area contributed by atoms with Crippen molar-refractivity contribution in [2.24, 2.45) is 5.92 Å². The molecule has 21 heavy (non-hydrogen) atoms. The van der Waals surface area contributed by atoms with E-state index in [0.29, 0.717) is 12.8 Å². The fourth-order valence-electron chi connectivity index (χ4n) is 2.26. The molecule has 0 bridgehead atoms. The van der Waals surface area contributed by atoms with E-state index in [9.17, 15) is 14.4 Å². The summed E-state index contributed by atoms with van der Waals surface area (Å²) in [7, 11) is 0. The Balaban J connectivity index is 3.58. The molecule has 0 atom stereocenters. The van der Waals surface area contributed by atoms with E-state index < -0.39 is 17.9 Å². The van der Waals surface area contributed by atoms with Crippen LogP contribution >= 0.6 is 0 Å². The first-order chi connectivity index (χ1) is 9.99. The molecule has 0 spiro atoms. The molecule has 122 valence electrons. The van der Waals surface area contributed by atoms with Crippen LogP contribution < -0.4 is 0 Å². The molecule has 0 saturated carbocycles. The zero-order valence-corrected chi connectivity index (χ0v) is 13.0. The number of carboxylic acids is 2. The molecule has 0 aromatic heterocycles. The lowest BCUT2D eigenvalue weighted by Gasteiger charge is -2.06. The molecule has 0 aliphatic carbocycles. The van der Waals surface area contributed by atoms with Gasteiger partial charge in [0.1, 0.15) is 5.78 Å². The van der Waals surface area contributed by atoms with Gasteiger partial charge in [-0.1, -0.05) is 45.4 Å². The summed E-state index contributed by atoms with van der Waals surface area (Å²) in [6.07, 6.45) is 9.25. The van der Waals surface area contributed by atoms with Crippen molar-refractivity contribution in [3.05, 3.63) is 0 Å². The predicted molar refractivity (Wildman–Crippen MR) is 80.2 cm³/mol. The van der Waals surface area contributed by atoms with Gasteiger partial charge in [-0.3, -0.25) is 14.4 Å². The van der Waals surface area contributed by atoms with Crippen LogP contribution in [-0.2, 0) is 14.4 Å². The number of rotatable bonds is 14. The molecule has 0 unspecified atom stereocenters. The van der Waals surface area contributed by atoms with Gasteiger partial charge in [-0.05, 0) is 19.3 Å². The van der Waals surface area contributed by atoms with Crippen LogP contribution in [0.4, 0.5) is 0 Å². The molecule has 0 aromatic rings. The number of hydrogen-bond donors (Lipinski definition) is 2. The van der Waals surface area contributed by atoms with Crippen molar-refractivity contribution in [3.8, 4) is 0 Å². The summed E-state index contributed by atoms with van der Waals surface area (Å²) in [4.78, 5) is 32.9. The molecule has 0 amide bonds. The number of ketones is 1. The van der Waals surface area contributed by atoms with Crippen LogP contribution in [0, 0.1) is 5.92 Å². The molecule has 0 saturated heterocycles. The van der Waals surface area contributed by atoms with Crippen molar-refractivity contribution in [2.75, 3.05) is 0 Å². The smallest absolute Gasteiger partial charge is 0.317 e. The lowest BCUT2D eigenvalue weighted by atomic mass is 9.99. The number of carbonyl (C=O) groups excluding carboxylic acids is 1. The van der Waals surface area contributed by atoms with E-state index in [1.807, 2.05) is 0 Å². The molecule has 2 N–H and O–H groups in total. The van der Waals surface area contributed by atoms with Crippen molar-refractivity contribution in [3.63, 3.8) is 0 Å². The van der Waals surface area contributed by atoms with Gasteiger partial charge in [-0.2, -0.15) is 0 Å². The maximum absolute atomic E-state index is 11.6. The van der Waals surface area contributed by atoms with Crippen molar-refractivity contribution in [1.82, 2.24) is 0 Å². The van der Waals surface area contributed by atoms with E-state index >= 15 is 0 Å². The van der Waals surface area contributed by atoms with Crippen LogP contribution in [0.5, 0.6) is 0 Å². The maximum atomic E-state index is 11.6. The summed E-state index contributed by atoms with van der Waals surface area (Å²) in [6.45, 7) is 2.18. The highest BCUT2D eigenvalue weighted by atomic mass is 16.4. The summed E-state index contributed by atoms with van der Waals surface area (Å²) in [5, 5.41) is 17.4. The number of aliphatic carboxylic acids is 2. The summed E-state index contributed by atoms with van der Waals surface area (Å²) in [5.74, 6) is -3.95. The summed E-state index contributed by atoms with van der Waals surface area (Å²) >= 11 is 0. The van der Waals surface area contributed by atoms with Crippen LogP contribution in [-0.4, -0.2) is 27.9 Å². The van der Waals surface area contributed by atoms with Gasteiger partial charge < -0.3 is 10.2 Å². The second-order valence-corrected chi connectivity index (χ2v) is 5.53. The highest BCUT2D eigenvalue weighted by Crippen LogP contribution is 2.13. The number of unbranched alkanes of at least 4 members (excludes halogenated alkanes) is 6. The normalized spacial score (nSPS) is 10.8. The Labute approximate surface area is 126 Å². The largest absolute Gasteiger partial charge is 0.481 e. The fourth-order valence-corrected chi connectivity index (χ4v) is 2.26. The van der Waals surface area contributed by atoms with Crippen LogP contribution in [0.25, 0.3) is 0 Å². The second kappa shape index (κ2) is 12.4. The first kappa shape index (κ1) is 19.6. The molecule has 0 aliphatic rings. The third-order valence-electron chi connectivity index (χ3n) is 3.60. The molecule has 5 heteroatoms. The van der Waals surface area contributed by atoms with Crippen molar-refractivity contribution in [1.29, 1.82) is 0 Å². The number of carboxylic acid groups (broad SMARTS) is 2. The first-order valence-electron chi connectivity index (χ1n) is 7.96. The number of carbonyl (C=O) groups is 3. The van der Waals surface area contributed by atoms with Crippen LogP contribution in [0.2, 0.25) is 0 Å². The summed E-state index contributed by atoms with van der Waals surface area (Å²) in [5.41, 5.74) is 0. The third kappa shape index (κ3) is 11.0. The van der Waals surface area contributed by atoms with Crippen molar-refractivity contribution < 1.29 is 24.6 Å². The Morgan fingerprint density at radius 1 is 0.762 bits per heavy atom. The van der Waals surface area contributed by atoms with E-state index in [0.717, 1.165) is 19.3 Å². The third-order valence-corrected chi connectivity index (χ3v) is 3.60. The first-order valence-corrected chi connectivity index (χ1v) is 7.96. The van der Waals surface area contributed by atoms with Gasteiger partial charge in [0.05, 0.1) is 0 Å². The van der Waals surface area contributed by atoms with Crippen LogP contribution in [0.15, 0.2) is 0 Å². The molecule has 0 fully saturated rings. The lowest BCUT2D eigenvalue weighted by Crippen LogP contribution is -2.23. The van der Waals surface area contributed by atoms with Crippen LogP contribution in [0.1, 0.15) is 77.6 Å². The highest BCUT2D eigenvalue weighted by molar-refractivity contribution is 5.92. The molecular formula is C16H28O5. The number of Topliss-reactive ketones (excluding diaryl/α,β-unsaturated/α-hetero) is 1. The van der Waals surface area contributed by atoms with E-state index in [1.165, 1.54) is 25.7 Å². The Morgan fingerprint density at radius 2 is 1.24 bits per heavy atom. The van der Waals surface area contributed by atoms with Gasteiger partial charge in [0, 0.05) is 12.8 Å². The van der Waals surface area contributed by atoms with E-state index in [2.05, 4.69) is 6.92 Å². The Morgan fingerprint density at radius 3 is 1.76 bits per heavy atom. The molecular weight excluding hydrogens is 272 g/mol. The van der Waals surface area contributed by atoms with Crippen LogP contribution in [0.3, 0.4) is 0 Å². The quantitative estimate of drug-likeness (QED) is 0.377. The average Bonchev–Trinajstić information content (AvgIpc) is 2.41. The van der Waals surface area contributed by atoms with E-state index in [1.54, 1.807) is 0 Å². The minimum absolute atomic E-state index is 0.0213. The van der Waals surface area contributed by atoms with E-state index in [-0.39, 0.29) is 18.6 Å². The van der Waals surface area contributed by atoms with Crippen molar-refractivity contribution >= 4 is 17.7 Å². The van der Waals surface area contributed by atoms with Gasteiger partial charge in [0.25, 0.3) is 0 Å². The minimum atomic E-state index is -1.39. The maximum Gasteiger partial charge on any atom is 0.317 e. The fraction of sp³-hybridized carbons (Fsp3) is 0.812. The Hall–Kier alpha value is -1.39. The molecule has 0 aromatic carbocycles. The van der Waals surface area contributed by atoms with Gasteiger partial charge in [0.15, 0.2) is 5.92 Å². The molecule has 0 rings (SSSR count). The summed E-state index contributed by atoms with van der Waals surface area (Å²) in [6, 6.07) is 0. The minimum Gasteiger partial charge on any atom is -0.481 e. The Bertz CT molecular complexity index is 311. The van der Waals surface area contributed by atoms with Gasteiger partial charge in [0.2, 0.25) is 0 Å². The van der Waals surface area contributed by atoms with E-state index in [4.69, 9.17) is 10.2 Å². The van der Waals surface area contributed by atoms with Gasteiger partial charge in [-0.15, -0.1) is 0 Å². The second-order valence-electron chi connectivity index (χ2n) is 5.53. The monoisotopic (exact) mass is 300 g/mol. The topological polar surface area (TPSA) is 91.7 Å². The molecule has 0 aliphatic heterocycles. The predicted octanol–water partition coefficient (Wildman–Crippen LogP) is 3.65.